The van der Waals surface area contributed by atoms with Crippen LogP contribution in [0.25, 0.3) is 28.2 Å². The van der Waals surface area contributed by atoms with Crippen LogP contribution in [-0.2, 0) is 4.79 Å². The number of piperazine rings is 1. The Hall–Kier alpha value is -3.30. The number of fused-ring (bicyclic) bond motifs is 1. The molecule has 2 aliphatic heterocycles. The average molecular weight is 464 g/mol. The summed E-state index contributed by atoms with van der Waals surface area (Å²) in [6, 6.07) is 10.8. The second kappa shape index (κ2) is 8.57. The van der Waals surface area contributed by atoms with Crippen LogP contribution in [0.5, 0.6) is 0 Å². The molecular formula is C24H22FN5O2S. The molecule has 168 valence electrons. The molecule has 2 saturated heterocycles. The summed E-state index contributed by atoms with van der Waals surface area (Å²) in [7, 11) is 2.07. The molecule has 7 nitrogen and oxygen atoms in total. The molecule has 2 amide bonds. The maximum atomic E-state index is 15.2. The highest BCUT2D eigenvalue weighted by molar-refractivity contribution is 8.18. The maximum Gasteiger partial charge on any atom is 0.290 e. The topological polar surface area (TPSA) is 78.4 Å². The summed E-state index contributed by atoms with van der Waals surface area (Å²) in [6.07, 6.45) is 1.66. The second-order valence-electron chi connectivity index (χ2n) is 8.20. The van der Waals surface area contributed by atoms with Gasteiger partial charge in [-0.25, -0.2) is 14.4 Å². The fraction of sp³-hybridized carbons (Fsp3) is 0.250. The quantitative estimate of drug-likeness (QED) is 0.592. The van der Waals surface area contributed by atoms with Crippen molar-refractivity contribution < 1.29 is 14.0 Å². The number of anilines is 1. The third-order valence-corrected chi connectivity index (χ3v) is 6.65. The summed E-state index contributed by atoms with van der Waals surface area (Å²) in [5.41, 5.74) is 3.34. The maximum absolute atomic E-state index is 15.2. The predicted octanol–water partition coefficient (Wildman–Crippen LogP) is 3.82. The molecular weight excluding hydrogens is 441 g/mol. The minimum atomic E-state index is -0.410. The van der Waals surface area contributed by atoms with Gasteiger partial charge < -0.3 is 9.80 Å². The molecule has 0 unspecified atom stereocenters. The van der Waals surface area contributed by atoms with Gasteiger partial charge in [0, 0.05) is 37.1 Å². The zero-order valence-corrected chi connectivity index (χ0v) is 19.1. The van der Waals surface area contributed by atoms with Crippen molar-refractivity contribution in [3.63, 3.8) is 0 Å². The number of imide groups is 1. The molecule has 33 heavy (non-hydrogen) atoms. The lowest BCUT2D eigenvalue weighted by atomic mass is 10.0. The molecule has 3 aromatic rings. The predicted molar refractivity (Wildman–Crippen MR) is 128 cm³/mol. The number of carbonyl (C=O) groups is 2. The Labute approximate surface area is 194 Å². The number of likely N-dealkylation sites (N-methyl/N-ethyl adjacent to an activating group) is 1. The van der Waals surface area contributed by atoms with E-state index in [1.54, 1.807) is 13.0 Å². The van der Waals surface area contributed by atoms with Gasteiger partial charge >= 0.3 is 0 Å². The molecule has 2 aromatic carbocycles. The van der Waals surface area contributed by atoms with E-state index >= 15 is 4.39 Å². The van der Waals surface area contributed by atoms with Crippen molar-refractivity contribution in [2.24, 2.45) is 0 Å². The van der Waals surface area contributed by atoms with Crippen molar-refractivity contribution in [1.29, 1.82) is 0 Å². The fourth-order valence-corrected chi connectivity index (χ4v) is 4.78. The Morgan fingerprint density at radius 3 is 2.55 bits per heavy atom. The lowest BCUT2D eigenvalue weighted by Crippen LogP contribution is -2.44. The van der Waals surface area contributed by atoms with Gasteiger partial charge in [0.2, 0.25) is 0 Å². The van der Waals surface area contributed by atoms with Gasteiger partial charge in [-0.2, -0.15) is 0 Å². The number of nitrogens with zero attached hydrogens (tertiary/aromatic N) is 4. The first kappa shape index (κ1) is 21.5. The summed E-state index contributed by atoms with van der Waals surface area (Å²) < 4.78 is 15.2. The van der Waals surface area contributed by atoms with E-state index < -0.39 is 5.91 Å². The number of hydrogen-bond acceptors (Lipinski definition) is 7. The fourth-order valence-electron chi connectivity index (χ4n) is 4.10. The summed E-state index contributed by atoms with van der Waals surface area (Å²) in [5, 5.41) is 2.61. The Morgan fingerprint density at radius 1 is 1.06 bits per heavy atom. The van der Waals surface area contributed by atoms with E-state index in [0.29, 0.717) is 27.7 Å². The number of halogens is 1. The van der Waals surface area contributed by atoms with Crippen molar-refractivity contribution in [3.05, 3.63) is 58.5 Å². The van der Waals surface area contributed by atoms with Crippen molar-refractivity contribution in [3.8, 4) is 11.3 Å². The van der Waals surface area contributed by atoms with Crippen LogP contribution in [0.4, 0.5) is 14.9 Å². The molecule has 0 bridgehead atoms. The molecule has 5 rings (SSSR count). The average Bonchev–Trinajstić information content (AvgIpc) is 3.10. The molecule has 3 heterocycles. The van der Waals surface area contributed by atoms with Crippen LogP contribution in [0.15, 0.2) is 41.3 Å². The Kier molecular flexibility index (Phi) is 5.59. The zero-order valence-electron chi connectivity index (χ0n) is 18.3. The molecule has 0 radical (unpaired) electrons. The molecule has 0 saturated carbocycles. The molecule has 0 atom stereocenters. The number of aryl methyl sites for hydroxylation is 1. The van der Waals surface area contributed by atoms with Gasteiger partial charge in [-0.1, -0.05) is 12.1 Å². The van der Waals surface area contributed by atoms with Crippen molar-refractivity contribution in [1.82, 2.24) is 20.2 Å². The van der Waals surface area contributed by atoms with Crippen molar-refractivity contribution in [2.75, 3.05) is 38.1 Å². The molecule has 9 heteroatoms. The lowest BCUT2D eigenvalue weighted by molar-refractivity contribution is -0.115. The van der Waals surface area contributed by atoms with Gasteiger partial charge in [-0.3, -0.25) is 14.9 Å². The number of benzene rings is 2. The van der Waals surface area contributed by atoms with Gasteiger partial charge in [0.05, 0.1) is 21.8 Å². The number of aromatic nitrogens is 2. The summed E-state index contributed by atoms with van der Waals surface area (Å²) >= 11 is 0.867. The second-order valence-corrected chi connectivity index (χ2v) is 9.22. The minimum Gasteiger partial charge on any atom is -0.367 e. The molecule has 1 aromatic heterocycles. The highest BCUT2D eigenvalue weighted by atomic mass is 32.2. The number of nitrogens with one attached hydrogen (secondary N) is 1. The van der Waals surface area contributed by atoms with Crippen LogP contribution in [-0.4, -0.2) is 59.2 Å². The van der Waals surface area contributed by atoms with Crippen LogP contribution >= 0.6 is 11.8 Å². The molecule has 1 N–H and O–H groups in total. The molecule has 2 fully saturated rings. The Balaban J connectivity index is 1.54. The monoisotopic (exact) mass is 463 g/mol. The van der Waals surface area contributed by atoms with Crippen LogP contribution in [0.3, 0.4) is 0 Å². The normalized spacial score (nSPS) is 18.4. The van der Waals surface area contributed by atoms with Crippen molar-refractivity contribution >= 4 is 45.6 Å². The molecule has 0 spiro atoms. The number of rotatable bonds is 3. The highest BCUT2D eigenvalue weighted by Crippen LogP contribution is 2.32. The SMILES string of the molecule is Cc1nc(-c2ccc(N3CCN(C)CC3)c(F)c2)c2cc(C=C3SC(=O)NC3=O)ccc2n1. The smallest absolute Gasteiger partial charge is 0.290 e. The first-order valence-electron chi connectivity index (χ1n) is 10.6. The Morgan fingerprint density at radius 2 is 1.85 bits per heavy atom. The van der Waals surface area contributed by atoms with E-state index in [1.165, 1.54) is 6.07 Å². The van der Waals surface area contributed by atoms with Crippen LogP contribution in [0.1, 0.15) is 11.4 Å². The first-order chi connectivity index (χ1) is 15.9. The number of carbonyl (C=O) groups excluding carboxylic acids is 2. The lowest BCUT2D eigenvalue weighted by Gasteiger charge is -2.34. The van der Waals surface area contributed by atoms with Gasteiger partial charge in [-0.15, -0.1) is 0 Å². The van der Waals surface area contributed by atoms with Crippen LogP contribution in [0.2, 0.25) is 0 Å². The van der Waals surface area contributed by atoms with E-state index in [1.807, 2.05) is 30.3 Å². The zero-order chi connectivity index (χ0) is 23.1. The van der Waals surface area contributed by atoms with Crippen LogP contribution < -0.4 is 10.2 Å². The van der Waals surface area contributed by atoms with E-state index in [2.05, 4.69) is 32.1 Å². The van der Waals surface area contributed by atoms with Gasteiger partial charge in [0.1, 0.15) is 11.6 Å². The van der Waals surface area contributed by atoms with E-state index in [-0.39, 0.29) is 11.1 Å². The third-order valence-electron chi connectivity index (χ3n) is 5.84. The number of hydrogen-bond donors (Lipinski definition) is 1. The van der Waals surface area contributed by atoms with Gasteiger partial charge in [-0.05, 0) is 61.6 Å². The van der Waals surface area contributed by atoms with Gasteiger partial charge in [0.25, 0.3) is 11.1 Å². The molecule has 0 aliphatic carbocycles. The van der Waals surface area contributed by atoms with E-state index in [4.69, 9.17) is 0 Å². The minimum absolute atomic E-state index is 0.280. The highest BCUT2D eigenvalue weighted by Gasteiger charge is 2.25. The summed E-state index contributed by atoms with van der Waals surface area (Å²) in [6.45, 7) is 5.18. The van der Waals surface area contributed by atoms with Gasteiger partial charge in [0.15, 0.2) is 0 Å². The van der Waals surface area contributed by atoms with E-state index in [9.17, 15) is 9.59 Å². The summed E-state index contributed by atoms with van der Waals surface area (Å²) in [5.74, 6) is -0.104. The Bertz CT molecular complexity index is 1320. The first-order valence-corrected chi connectivity index (χ1v) is 11.5. The standard InChI is InChI=1S/C24H22FN5O2S/c1-14-26-19-5-3-15(12-21-23(31)28-24(32)33-21)11-17(19)22(27-14)16-4-6-20(18(25)13-16)30-9-7-29(2)8-10-30/h3-6,11-13H,7-10H2,1-2H3,(H,28,31,32). The largest absolute Gasteiger partial charge is 0.367 e. The third kappa shape index (κ3) is 4.34. The van der Waals surface area contributed by atoms with Crippen molar-refractivity contribution in [2.45, 2.75) is 6.92 Å². The molecule has 2 aliphatic rings. The number of amides is 2. The van der Waals surface area contributed by atoms with Crippen LogP contribution in [0, 0.1) is 12.7 Å². The summed E-state index contributed by atoms with van der Waals surface area (Å²) in [4.78, 5) is 37.1. The van der Waals surface area contributed by atoms with E-state index in [0.717, 1.165) is 54.4 Å². The number of thioether (sulfide) groups is 1.